The first kappa shape index (κ1) is 13.6. The van der Waals surface area contributed by atoms with Gasteiger partial charge in [-0.2, -0.15) is 0 Å². The highest BCUT2D eigenvalue weighted by Gasteiger charge is 2.18. The lowest BCUT2D eigenvalue weighted by atomic mass is 10.0. The molecule has 0 bridgehead atoms. The fraction of sp³-hybridized carbons (Fsp3) is 0.625. The standard InChI is InChI=1S/C16H25NO/c1-13(2)15-6-4-14(5-7-15)12-17(3)16-8-10-18-11-9-16/h4-7,13,16H,8-12H2,1-3H3. The predicted octanol–water partition coefficient (Wildman–Crippen LogP) is 3.42. The van der Waals surface area contributed by atoms with Crippen LogP contribution in [0.5, 0.6) is 0 Å². The molecular formula is C16H25NO. The van der Waals surface area contributed by atoms with Gasteiger partial charge in [0.05, 0.1) is 0 Å². The molecule has 0 aliphatic carbocycles. The molecule has 0 radical (unpaired) electrons. The summed E-state index contributed by atoms with van der Waals surface area (Å²) in [4.78, 5) is 2.47. The summed E-state index contributed by atoms with van der Waals surface area (Å²) in [6.45, 7) is 7.36. The highest BCUT2D eigenvalue weighted by Crippen LogP contribution is 2.18. The molecule has 1 aliphatic heterocycles. The first-order valence-electron chi connectivity index (χ1n) is 7.03. The molecule has 0 spiro atoms. The van der Waals surface area contributed by atoms with Gasteiger partial charge in [-0.1, -0.05) is 38.1 Å². The molecule has 0 N–H and O–H groups in total. The fourth-order valence-corrected chi connectivity index (χ4v) is 2.55. The summed E-state index contributed by atoms with van der Waals surface area (Å²) in [5.41, 5.74) is 2.83. The van der Waals surface area contributed by atoms with Crippen molar-refractivity contribution in [2.45, 2.75) is 45.2 Å². The Bertz CT molecular complexity index is 352. The van der Waals surface area contributed by atoms with Crippen molar-refractivity contribution in [2.24, 2.45) is 0 Å². The van der Waals surface area contributed by atoms with Gasteiger partial charge in [0.25, 0.3) is 0 Å². The third-order valence-corrected chi connectivity index (χ3v) is 3.89. The van der Waals surface area contributed by atoms with Crippen molar-refractivity contribution in [1.82, 2.24) is 4.90 Å². The van der Waals surface area contributed by atoms with E-state index in [4.69, 9.17) is 4.74 Å². The van der Waals surface area contributed by atoms with Crippen molar-refractivity contribution < 1.29 is 4.74 Å². The SMILES string of the molecule is CC(C)c1ccc(CN(C)C2CCOCC2)cc1. The zero-order valence-electron chi connectivity index (χ0n) is 11.9. The number of hydrogen-bond acceptors (Lipinski definition) is 2. The summed E-state index contributed by atoms with van der Waals surface area (Å²) >= 11 is 0. The van der Waals surface area contributed by atoms with Crippen molar-refractivity contribution in [1.29, 1.82) is 0 Å². The Kier molecular flexibility index (Phi) is 4.79. The maximum absolute atomic E-state index is 5.42. The van der Waals surface area contributed by atoms with Gasteiger partial charge >= 0.3 is 0 Å². The van der Waals surface area contributed by atoms with E-state index in [0.717, 1.165) is 19.8 Å². The monoisotopic (exact) mass is 247 g/mol. The normalized spacial score (nSPS) is 17.6. The summed E-state index contributed by atoms with van der Waals surface area (Å²) in [6.07, 6.45) is 2.33. The van der Waals surface area contributed by atoms with Crippen molar-refractivity contribution in [3.05, 3.63) is 35.4 Å². The van der Waals surface area contributed by atoms with Crippen LogP contribution in [0.3, 0.4) is 0 Å². The summed E-state index contributed by atoms with van der Waals surface area (Å²) < 4.78 is 5.42. The smallest absolute Gasteiger partial charge is 0.0480 e. The van der Waals surface area contributed by atoms with Gasteiger partial charge in [-0.15, -0.1) is 0 Å². The first-order valence-corrected chi connectivity index (χ1v) is 7.03. The molecular weight excluding hydrogens is 222 g/mol. The second kappa shape index (κ2) is 6.35. The molecule has 1 heterocycles. The molecule has 0 saturated carbocycles. The molecule has 1 aromatic rings. The van der Waals surface area contributed by atoms with Crippen LogP contribution < -0.4 is 0 Å². The van der Waals surface area contributed by atoms with Gasteiger partial charge in [-0.3, -0.25) is 4.90 Å². The number of benzene rings is 1. The summed E-state index contributed by atoms with van der Waals surface area (Å²) in [5, 5.41) is 0. The number of rotatable bonds is 4. The Morgan fingerprint density at radius 3 is 2.33 bits per heavy atom. The van der Waals surface area contributed by atoms with E-state index in [1.807, 2.05) is 0 Å². The third kappa shape index (κ3) is 3.56. The Hall–Kier alpha value is -0.860. The van der Waals surface area contributed by atoms with Gasteiger partial charge in [0.1, 0.15) is 0 Å². The largest absolute Gasteiger partial charge is 0.381 e. The second-order valence-corrected chi connectivity index (χ2v) is 5.65. The highest BCUT2D eigenvalue weighted by molar-refractivity contribution is 5.24. The number of ether oxygens (including phenoxy) is 1. The second-order valence-electron chi connectivity index (χ2n) is 5.65. The Balaban J connectivity index is 1.91. The van der Waals surface area contributed by atoms with Crippen molar-refractivity contribution in [3.8, 4) is 0 Å². The summed E-state index contributed by atoms with van der Waals surface area (Å²) in [5.74, 6) is 0.618. The van der Waals surface area contributed by atoms with Gasteiger partial charge < -0.3 is 4.74 Å². The van der Waals surface area contributed by atoms with Crippen LogP contribution in [0.15, 0.2) is 24.3 Å². The van der Waals surface area contributed by atoms with E-state index in [2.05, 4.69) is 50.1 Å². The first-order chi connectivity index (χ1) is 8.66. The lowest BCUT2D eigenvalue weighted by Crippen LogP contribution is -2.36. The van der Waals surface area contributed by atoms with Crippen LogP contribution >= 0.6 is 0 Å². The van der Waals surface area contributed by atoms with E-state index in [9.17, 15) is 0 Å². The minimum absolute atomic E-state index is 0.618. The van der Waals surface area contributed by atoms with Crippen LogP contribution in [-0.2, 0) is 11.3 Å². The molecule has 18 heavy (non-hydrogen) atoms. The molecule has 2 nitrogen and oxygen atoms in total. The van der Waals surface area contributed by atoms with E-state index in [0.29, 0.717) is 12.0 Å². The van der Waals surface area contributed by atoms with Gasteiger partial charge in [0.15, 0.2) is 0 Å². The zero-order chi connectivity index (χ0) is 13.0. The van der Waals surface area contributed by atoms with E-state index in [1.54, 1.807) is 0 Å². The molecule has 1 aliphatic rings. The maximum Gasteiger partial charge on any atom is 0.0480 e. The lowest BCUT2D eigenvalue weighted by Gasteiger charge is -2.31. The maximum atomic E-state index is 5.42. The van der Waals surface area contributed by atoms with Crippen LogP contribution in [0.1, 0.15) is 43.7 Å². The quantitative estimate of drug-likeness (QED) is 0.808. The van der Waals surface area contributed by atoms with Gasteiger partial charge in [0, 0.05) is 25.8 Å². The van der Waals surface area contributed by atoms with Gasteiger partial charge in [-0.25, -0.2) is 0 Å². The van der Waals surface area contributed by atoms with Crippen LogP contribution in [0, 0.1) is 0 Å². The average molecular weight is 247 g/mol. The molecule has 2 rings (SSSR count). The van der Waals surface area contributed by atoms with Crippen LogP contribution in [-0.4, -0.2) is 31.2 Å². The van der Waals surface area contributed by atoms with Crippen LogP contribution in [0.2, 0.25) is 0 Å². The molecule has 1 saturated heterocycles. The summed E-state index contributed by atoms with van der Waals surface area (Å²) in [7, 11) is 2.23. The molecule has 100 valence electrons. The molecule has 2 heteroatoms. The van der Waals surface area contributed by atoms with Gasteiger partial charge in [-0.05, 0) is 36.9 Å². The number of hydrogen-bond donors (Lipinski definition) is 0. The zero-order valence-corrected chi connectivity index (χ0v) is 11.9. The Labute approximate surface area is 111 Å². The van der Waals surface area contributed by atoms with E-state index in [1.165, 1.54) is 24.0 Å². The van der Waals surface area contributed by atoms with E-state index >= 15 is 0 Å². The topological polar surface area (TPSA) is 12.5 Å². The molecule has 0 amide bonds. The molecule has 0 atom stereocenters. The molecule has 1 fully saturated rings. The van der Waals surface area contributed by atoms with Crippen molar-refractivity contribution in [2.75, 3.05) is 20.3 Å². The minimum Gasteiger partial charge on any atom is -0.381 e. The third-order valence-electron chi connectivity index (χ3n) is 3.89. The predicted molar refractivity (Wildman–Crippen MR) is 75.8 cm³/mol. The minimum atomic E-state index is 0.618. The highest BCUT2D eigenvalue weighted by atomic mass is 16.5. The average Bonchev–Trinajstić information content (AvgIpc) is 2.40. The van der Waals surface area contributed by atoms with Crippen molar-refractivity contribution in [3.63, 3.8) is 0 Å². The van der Waals surface area contributed by atoms with Crippen LogP contribution in [0.25, 0.3) is 0 Å². The Morgan fingerprint density at radius 1 is 1.17 bits per heavy atom. The van der Waals surface area contributed by atoms with E-state index < -0.39 is 0 Å². The van der Waals surface area contributed by atoms with E-state index in [-0.39, 0.29) is 0 Å². The van der Waals surface area contributed by atoms with Crippen molar-refractivity contribution >= 4 is 0 Å². The van der Waals surface area contributed by atoms with Gasteiger partial charge in [0.2, 0.25) is 0 Å². The molecule has 0 aromatic heterocycles. The number of nitrogens with zero attached hydrogens (tertiary/aromatic N) is 1. The fourth-order valence-electron chi connectivity index (χ4n) is 2.55. The lowest BCUT2D eigenvalue weighted by molar-refractivity contribution is 0.0407. The summed E-state index contributed by atoms with van der Waals surface area (Å²) in [6, 6.07) is 9.75. The molecule has 1 aromatic carbocycles. The van der Waals surface area contributed by atoms with Crippen LogP contribution in [0.4, 0.5) is 0 Å². The Morgan fingerprint density at radius 2 is 1.78 bits per heavy atom. The molecule has 0 unspecified atom stereocenters.